The third kappa shape index (κ3) is 12.3. The fraction of sp³-hybridized carbons (Fsp3) is 0.355. The van der Waals surface area contributed by atoms with Crippen molar-refractivity contribution in [3.8, 4) is 23.0 Å². The van der Waals surface area contributed by atoms with Crippen molar-refractivity contribution in [2.45, 2.75) is 31.3 Å². The third-order valence-electron chi connectivity index (χ3n) is 6.01. The normalized spacial score (nSPS) is 12.6. The van der Waals surface area contributed by atoms with E-state index in [0.717, 1.165) is 11.5 Å². The van der Waals surface area contributed by atoms with Gasteiger partial charge in [-0.3, -0.25) is 9.59 Å². The van der Waals surface area contributed by atoms with Gasteiger partial charge in [-0.25, -0.2) is 9.59 Å². The molecule has 0 unspecified atom stereocenters. The second-order valence-corrected chi connectivity index (χ2v) is 11.3. The molecule has 43 heavy (non-hydrogen) atoms. The molecule has 232 valence electrons. The highest BCUT2D eigenvalue weighted by Gasteiger charge is 2.21. The van der Waals surface area contributed by atoms with Gasteiger partial charge in [0, 0.05) is 6.42 Å². The molecule has 0 amide bonds. The first-order chi connectivity index (χ1) is 20.6. The van der Waals surface area contributed by atoms with E-state index in [0.29, 0.717) is 35.5 Å². The van der Waals surface area contributed by atoms with E-state index in [1.54, 1.807) is 72.1 Å². The molecular weight excluding hydrogens is 592 g/mol. The number of hydrogen-bond acceptors (Lipinski definition) is 11. The Labute approximate surface area is 260 Å². The summed E-state index contributed by atoms with van der Waals surface area (Å²) < 4.78 is 21.5. The topological polar surface area (TPSA) is 159 Å². The van der Waals surface area contributed by atoms with Crippen LogP contribution in [0.25, 0.3) is 12.2 Å². The minimum Gasteiger partial charge on any atom is -0.493 e. The largest absolute Gasteiger partial charge is 0.493 e. The molecule has 0 radical (unpaired) electrons. The number of rotatable bonds is 18. The van der Waals surface area contributed by atoms with Crippen LogP contribution in [0.1, 0.15) is 30.4 Å². The van der Waals surface area contributed by atoms with Gasteiger partial charge in [0.15, 0.2) is 40.6 Å². The molecule has 0 fully saturated rings. The summed E-state index contributed by atoms with van der Waals surface area (Å²) in [5.74, 6) is 0.847. The first kappa shape index (κ1) is 35.6. The lowest BCUT2D eigenvalue weighted by Gasteiger charge is -2.13. The van der Waals surface area contributed by atoms with Gasteiger partial charge in [0.2, 0.25) is 0 Å². The average Bonchev–Trinajstić information content (AvgIpc) is 3.01. The van der Waals surface area contributed by atoms with Crippen LogP contribution in [0.2, 0.25) is 0 Å². The fourth-order valence-electron chi connectivity index (χ4n) is 3.53. The summed E-state index contributed by atoms with van der Waals surface area (Å²) in [7, 11) is 2.89. The summed E-state index contributed by atoms with van der Waals surface area (Å²) in [6.45, 7) is 0. The number of nitrogens with two attached hydrogens (primary N) is 1. The minimum atomic E-state index is -0.742. The number of benzene rings is 2. The van der Waals surface area contributed by atoms with E-state index in [1.807, 2.05) is 12.5 Å². The number of carbonyl (C=O) groups excluding carboxylic acids is 4. The number of quaternary nitrogens is 1. The van der Waals surface area contributed by atoms with Crippen molar-refractivity contribution in [1.29, 1.82) is 0 Å². The van der Waals surface area contributed by atoms with E-state index < -0.39 is 35.6 Å². The van der Waals surface area contributed by atoms with Crippen LogP contribution in [-0.4, -0.2) is 73.8 Å². The van der Waals surface area contributed by atoms with Gasteiger partial charge in [-0.2, -0.15) is 23.5 Å². The SMILES string of the molecule is COc1cc(/C=C/C(=O)CC(=O)/C=C/c2ccc(OC(=O)[C@H]([NH3+])CCSC)c(OC)c2)ccc1OC(=O)[C@H](N)CCSC. The van der Waals surface area contributed by atoms with E-state index in [2.05, 4.69) is 5.73 Å². The highest BCUT2D eigenvalue weighted by Crippen LogP contribution is 2.30. The van der Waals surface area contributed by atoms with E-state index >= 15 is 0 Å². The number of allylic oxidation sites excluding steroid dienone is 2. The third-order valence-corrected chi connectivity index (χ3v) is 7.30. The molecule has 0 aliphatic carbocycles. The van der Waals surface area contributed by atoms with Crippen molar-refractivity contribution in [2.75, 3.05) is 38.2 Å². The molecule has 0 aliphatic heterocycles. The molecular formula is C31H39N2O8S2+. The second-order valence-electron chi connectivity index (χ2n) is 9.31. The van der Waals surface area contributed by atoms with Crippen molar-refractivity contribution in [1.82, 2.24) is 0 Å². The molecule has 0 aromatic heterocycles. The molecule has 12 heteroatoms. The Morgan fingerprint density at radius 3 is 1.70 bits per heavy atom. The number of carbonyl (C=O) groups is 4. The Kier molecular flexibility index (Phi) is 15.6. The highest BCUT2D eigenvalue weighted by molar-refractivity contribution is 7.98. The summed E-state index contributed by atoms with van der Waals surface area (Å²) in [5, 5.41) is 0. The van der Waals surface area contributed by atoms with Gasteiger partial charge in [0.1, 0.15) is 6.04 Å². The zero-order valence-corrected chi connectivity index (χ0v) is 26.5. The summed E-state index contributed by atoms with van der Waals surface area (Å²) in [6, 6.07) is 8.45. The maximum Gasteiger partial charge on any atom is 0.370 e. The lowest BCUT2D eigenvalue weighted by Crippen LogP contribution is -2.66. The van der Waals surface area contributed by atoms with Crippen LogP contribution in [0.3, 0.4) is 0 Å². The Hall–Kier alpha value is -3.58. The van der Waals surface area contributed by atoms with E-state index in [-0.39, 0.29) is 17.9 Å². The molecule has 10 nitrogen and oxygen atoms in total. The van der Waals surface area contributed by atoms with Crippen LogP contribution in [0.4, 0.5) is 0 Å². The summed E-state index contributed by atoms with van der Waals surface area (Å²) in [6.07, 6.45) is 10.3. The number of esters is 2. The number of ether oxygens (including phenoxy) is 4. The molecule has 0 saturated heterocycles. The van der Waals surface area contributed by atoms with Crippen LogP contribution < -0.4 is 30.4 Å². The maximum absolute atomic E-state index is 12.4. The smallest absolute Gasteiger partial charge is 0.370 e. The van der Waals surface area contributed by atoms with Gasteiger partial charge >= 0.3 is 11.9 Å². The van der Waals surface area contributed by atoms with E-state index in [9.17, 15) is 19.2 Å². The molecule has 0 bridgehead atoms. The summed E-state index contributed by atoms with van der Waals surface area (Å²) in [4.78, 5) is 49.3. The summed E-state index contributed by atoms with van der Waals surface area (Å²) in [5.41, 5.74) is 11.0. The predicted molar refractivity (Wildman–Crippen MR) is 171 cm³/mol. The Morgan fingerprint density at radius 1 is 0.767 bits per heavy atom. The first-order valence-corrected chi connectivity index (χ1v) is 16.2. The molecule has 5 N–H and O–H groups in total. The van der Waals surface area contributed by atoms with Crippen LogP contribution in [0.15, 0.2) is 48.6 Å². The lowest BCUT2D eigenvalue weighted by molar-refractivity contribution is -0.407. The van der Waals surface area contributed by atoms with Gasteiger partial charge in [-0.15, -0.1) is 0 Å². The lowest BCUT2D eigenvalue weighted by atomic mass is 10.1. The van der Waals surface area contributed by atoms with Gasteiger partial charge < -0.3 is 30.4 Å². The molecule has 0 aliphatic rings. The highest BCUT2D eigenvalue weighted by atomic mass is 32.2. The second kappa shape index (κ2) is 18.9. The van der Waals surface area contributed by atoms with Gasteiger partial charge in [0.25, 0.3) is 0 Å². The molecule has 2 atom stereocenters. The monoisotopic (exact) mass is 631 g/mol. The Bertz CT molecular complexity index is 1230. The van der Waals surface area contributed by atoms with Crippen LogP contribution >= 0.6 is 23.5 Å². The molecule has 2 aromatic carbocycles. The van der Waals surface area contributed by atoms with Crippen molar-refractivity contribution >= 4 is 59.2 Å². The molecule has 0 spiro atoms. The zero-order chi connectivity index (χ0) is 31.8. The van der Waals surface area contributed by atoms with Crippen molar-refractivity contribution < 1.29 is 43.9 Å². The van der Waals surface area contributed by atoms with E-state index in [1.165, 1.54) is 26.4 Å². The van der Waals surface area contributed by atoms with Gasteiger partial charge in [0.05, 0.1) is 20.6 Å². The zero-order valence-electron chi connectivity index (χ0n) is 24.8. The number of ketones is 2. The summed E-state index contributed by atoms with van der Waals surface area (Å²) >= 11 is 3.22. The quantitative estimate of drug-likeness (QED) is 0.108. The maximum atomic E-state index is 12.4. The fourth-order valence-corrected chi connectivity index (χ4v) is 4.54. The number of hydrogen-bond donors (Lipinski definition) is 2. The molecule has 2 aromatic rings. The average molecular weight is 632 g/mol. The minimum absolute atomic E-state index is 0.219. The standard InChI is InChI=1S/C31H38N2O8S2/c1-38-28-17-20(7-11-26(28)40-30(36)24(32)13-15-42-3)5-9-22(34)19-23(35)10-6-21-8-12-27(29(18-21)39-2)41-31(37)25(33)14-16-43-4/h5-12,17-18,24-25H,13-16,19,32-33H2,1-4H3/p+1/b9-5+,10-6+/t24-,25-/m1/s1. The Balaban J connectivity index is 1.97. The number of methoxy groups -OCH3 is 2. The molecule has 0 saturated carbocycles. The number of thioether (sulfide) groups is 2. The van der Waals surface area contributed by atoms with Crippen molar-refractivity contribution in [3.63, 3.8) is 0 Å². The van der Waals surface area contributed by atoms with Crippen LogP contribution in [0, 0.1) is 0 Å². The van der Waals surface area contributed by atoms with Crippen molar-refractivity contribution in [2.24, 2.45) is 5.73 Å². The van der Waals surface area contributed by atoms with Crippen molar-refractivity contribution in [3.05, 3.63) is 59.7 Å². The predicted octanol–water partition coefficient (Wildman–Crippen LogP) is 3.21. The Morgan fingerprint density at radius 2 is 1.23 bits per heavy atom. The van der Waals surface area contributed by atoms with Gasteiger partial charge in [-0.05, 0) is 78.0 Å². The molecule has 0 heterocycles. The first-order valence-electron chi connectivity index (χ1n) is 13.4. The van der Waals surface area contributed by atoms with Crippen LogP contribution in [0.5, 0.6) is 23.0 Å². The van der Waals surface area contributed by atoms with Gasteiger partial charge in [-0.1, -0.05) is 24.3 Å². The van der Waals surface area contributed by atoms with E-state index in [4.69, 9.17) is 24.7 Å². The molecule has 2 rings (SSSR count). The van der Waals surface area contributed by atoms with Crippen LogP contribution in [-0.2, 0) is 19.2 Å².